The van der Waals surface area contributed by atoms with Crippen molar-refractivity contribution in [3.63, 3.8) is 0 Å². The molecule has 0 aliphatic carbocycles. The van der Waals surface area contributed by atoms with E-state index in [0.29, 0.717) is 23.6 Å². The monoisotopic (exact) mass is 357 g/mol. The quantitative estimate of drug-likeness (QED) is 0.730. The molecule has 2 aromatic rings. The fourth-order valence-corrected chi connectivity index (χ4v) is 2.15. The average Bonchev–Trinajstić information content (AvgIpc) is 2.61. The van der Waals surface area contributed by atoms with Gasteiger partial charge in [0.25, 0.3) is 5.91 Å². The largest absolute Gasteiger partial charge is 0.494 e. The molecule has 0 radical (unpaired) electrons. The average molecular weight is 357 g/mol. The molecule has 0 aliphatic heterocycles. The Morgan fingerprint density at radius 2 is 1.65 bits per heavy atom. The normalized spacial score (nSPS) is 10.3. The van der Waals surface area contributed by atoms with Gasteiger partial charge in [0.05, 0.1) is 18.3 Å². The number of hydrogen-bond acceptors (Lipinski definition) is 5. The van der Waals surface area contributed by atoms with Crippen molar-refractivity contribution >= 4 is 17.6 Å². The highest BCUT2D eigenvalue weighted by Crippen LogP contribution is 2.18. The van der Waals surface area contributed by atoms with Gasteiger partial charge in [-0.05, 0) is 63.2 Å². The third kappa shape index (κ3) is 6.12. The molecule has 0 saturated heterocycles. The van der Waals surface area contributed by atoms with E-state index in [1.807, 2.05) is 6.92 Å². The van der Waals surface area contributed by atoms with Gasteiger partial charge in [-0.25, -0.2) is 4.79 Å². The lowest BCUT2D eigenvalue weighted by Crippen LogP contribution is -2.20. The van der Waals surface area contributed by atoms with E-state index in [9.17, 15) is 9.59 Å². The van der Waals surface area contributed by atoms with Crippen LogP contribution in [0.15, 0.2) is 48.5 Å². The van der Waals surface area contributed by atoms with Gasteiger partial charge in [-0.2, -0.15) is 0 Å². The van der Waals surface area contributed by atoms with Gasteiger partial charge < -0.3 is 19.5 Å². The first kappa shape index (κ1) is 19.3. The molecule has 6 heteroatoms. The van der Waals surface area contributed by atoms with Gasteiger partial charge in [0.15, 0.2) is 6.61 Å². The van der Waals surface area contributed by atoms with E-state index in [4.69, 9.17) is 14.2 Å². The molecule has 0 spiro atoms. The van der Waals surface area contributed by atoms with Crippen LogP contribution in [-0.4, -0.2) is 31.2 Å². The summed E-state index contributed by atoms with van der Waals surface area (Å²) in [5.74, 6) is 0.558. The van der Waals surface area contributed by atoms with E-state index >= 15 is 0 Å². The first-order valence-corrected chi connectivity index (χ1v) is 8.44. The summed E-state index contributed by atoms with van der Waals surface area (Å²) in [5.41, 5.74) is 0.882. The number of carbonyl (C=O) groups excluding carboxylic acids is 2. The molecule has 1 N–H and O–H groups in total. The number of anilines is 1. The van der Waals surface area contributed by atoms with Crippen molar-refractivity contribution in [3.8, 4) is 11.5 Å². The third-order valence-electron chi connectivity index (χ3n) is 3.23. The molecule has 1 amide bonds. The van der Waals surface area contributed by atoms with E-state index < -0.39 is 5.97 Å². The van der Waals surface area contributed by atoms with Crippen LogP contribution in [0.4, 0.5) is 5.69 Å². The van der Waals surface area contributed by atoms with Crippen LogP contribution in [0.1, 0.15) is 31.1 Å². The minimum Gasteiger partial charge on any atom is -0.494 e. The Kier molecular flexibility index (Phi) is 7.02. The van der Waals surface area contributed by atoms with Crippen LogP contribution in [0.3, 0.4) is 0 Å². The van der Waals surface area contributed by atoms with Crippen molar-refractivity contribution < 1.29 is 23.8 Å². The Morgan fingerprint density at radius 1 is 1.00 bits per heavy atom. The first-order chi connectivity index (χ1) is 12.5. The van der Waals surface area contributed by atoms with Crippen molar-refractivity contribution in [2.45, 2.75) is 26.9 Å². The predicted molar refractivity (Wildman–Crippen MR) is 98.7 cm³/mol. The van der Waals surface area contributed by atoms with Gasteiger partial charge >= 0.3 is 5.97 Å². The van der Waals surface area contributed by atoms with Gasteiger partial charge in [-0.3, -0.25) is 4.79 Å². The van der Waals surface area contributed by atoms with E-state index in [0.717, 1.165) is 5.75 Å². The second-order valence-corrected chi connectivity index (χ2v) is 5.78. The summed E-state index contributed by atoms with van der Waals surface area (Å²) >= 11 is 0. The molecular weight excluding hydrogens is 334 g/mol. The maximum Gasteiger partial charge on any atom is 0.338 e. The zero-order chi connectivity index (χ0) is 18.9. The molecule has 0 fully saturated rings. The van der Waals surface area contributed by atoms with Crippen molar-refractivity contribution in [3.05, 3.63) is 54.1 Å². The van der Waals surface area contributed by atoms with Gasteiger partial charge in [0, 0.05) is 5.69 Å². The molecule has 0 unspecified atom stereocenters. The van der Waals surface area contributed by atoms with Gasteiger partial charge in [0.2, 0.25) is 0 Å². The molecule has 0 aliphatic rings. The standard InChI is InChI=1S/C20H23NO5/c1-4-24-17-8-10-18(11-9-17)25-13-19(22)21-16-7-5-6-15(12-16)20(23)26-14(2)3/h5-12,14H,4,13H2,1-3H3,(H,21,22). The topological polar surface area (TPSA) is 73.9 Å². The molecule has 138 valence electrons. The van der Waals surface area contributed by atoms with Crippen LogP contribution in [0, 0.1) is 0 Å². The minimum atomic E-state index is -0.429. The molecule has 0 saturated carbocycles. The summed E-state index contributed by atoms with van der Waals surface area (Å²) in [6.45, 7) is 5.91. The Balaban J connectivity index is 1.88. The van der Waals surface area contributed by atoms with Crippen molar-refractivity contribution in [2.24, 2.45) is 0 Å². The van der Waals surface area contributed by atoms with E-state index in [-0.39, 0.29) is 18.6 Å². The number of carbonyl (C=O) groups is 2. The summed E-state index contributed by atoms with van der Waals surface area (Å²) in [4.78, 5) is 23.9. The van der Waals surface area contributed by atoms with E-state index in [1.165, 1.54) is 0 Å². The van der Waals surface area contributed by atoms with Crippen LogP contribution in [0.2, 0.25) is 0 Å². The molecule has 6 nitrogen and oxygen atoms in total. The number of benzene rings is 2. The van der Waals surface area contributed by atoms with E-state index in [2.05, 4.69) is 5.32 Å². The number of nitrogens with one attached hydrogen (secondary N) is 1. The van der Waals surface area contributed by atoms with Crippen LogP contribution in [0.25, 0.3) is 0 Å². The lowest BCUT2D eigenvalue weighted by Gasteiger charge is -2.10. The lowest BCUT2D eigenvalue weighted by molar-refractivity contribution is -0.118. The van der Waals surface area contributed by atoms with Gasteiger partial charge in [0.1, 0.15) is 11.5 Å². The number of hydrogen-bond donors (Lipinski definition) is 1. The van der Waals surface area contributed by atoms with E-state index in [1.54, 1.807) is 62.4 Å². The number of esters is 1. The summed E-state index contributed by atoms with van der Waals surface area (Å²) < 4.78 is 15.9. The summed E-state index contributed by atoms with van der Waals surface area (Å²) in [5, 5.41) is 2.70. The van der Waals surface area contributed by atoms with Crippen LogP contribution in [0.5, 0.6) is 11.5 Å². The van der Waals surface area contributed by atoms with Crippen LogP contribution in [-0.2, 0) is 9.53 Å². The van der Waals surface area contributed by atoms with Crippen LogP contribution >= 0.6 is 0 Å². The Hall–Kier alpha value is -3.02. The zero-order valence-electron chi connectivity index (χ0n) is 15.2. The van der Waals surface area contributed by atoms with Gasteiger partial charge in [-0.1, -0.05) is 6.07 Å². The molecule has 0 aromatic heterocycles. The SMILES string of the molecule is CCOc1ccc(OCC(=O)Nc2cccc(C(=O)OC(C)C)c2)cc1. The number of rotatable bonds is 8. The second-order valence-electron chi connectivity index (χ2n) is 5.78. The Bertz CT molecular complexity index is 740. The summed E-state index contributed by atoms with van der Waals surface area (Å²) in [6, 6.07) is 13.6. The first-order valence-electron chi connectivity index (χ1n) is 8.44. The molecule has 2 rings (SSSR count). The smallest absolute Gasteiger partial charge is 0.338 e. The molecule has 0 atom stereocenters. The number of ether oxygens (including phenoxy) is 3. The maximum absolute atomic E-state index is 12.0. The molecule has 0 heterocycles. The van der Waals surface area contributed by atoms with Crippen molar-refractivity contribution in [1.82, 2.24) is 0 Å². The molecular formula is C20H23NO5. The fourth-order valence-electron chi connectivity index (χ4n) is 2.15. The third-order valence-corrected chi connectivity index (χ3v) is 3.23. The van der Waals surface area contributed by atoms with Crippen molar-refractivity contribution in [2.75, 3.05) is 18.5 Å². The number of amides is 1. The second kappa shape index (κ2) is 9.46. The lowest BCUT2D eigenvalue weighted by atomic mass is 10.2. The minimum absolute atomic E-state index is 0.144. The predicted octanol–water partition coefficient (Wildman–Crippen LogP) is 3.67. The highest BCUT2D eigenvalue weighted by molar-refractivity contribution is 5.95. The van der Waals surface area contributed by atoms with Gasteiger partial charge in [-0.15, -0.1) is 0 Å². The summed E-state index contributed by atoms with van der Waals surface area (Å²) in [6.07, 6.45) is -0.205. The Morgan fingerprint density at radius 3 is 2.27 bits per heavy atom. The molecule has 2 aromatic carbocycles. The van der Waals surface area contributed by atoms with Crippen LogP contribution < -0.4 is 14.8 Å². The fraction of sp³-hybridized carbons (Fsp3) is 0.300. The zero-order valence-corrected chi connectivity index (χ0v) is 15.2. The highest BCUT2D eigenvalue weighted by atomic mass is 16.5. The Labute approximate surface area is 153 Å². The molecule has 26 heavy (non-hydrogen) atoms. The summed E-state index contributed by atoms with van der Waals surface area (Å²) in [7, 11) is 0. The van der Waals surface area contributed by atoms with Crippen molar-refractivity contribution in [1.29, 1.82) is 0 Å². The highest BCUT2D eigenvalue weighted by Gasteiger charge is 2.11. The molecule has 0 bridgehead atoms. The maximum atomic E-state index is 12.0.